The molecule has 58 valence electrons. The van der Waals surface area contributed by atoms with Gasteiger partial charge in [0.25, 0.3) is 0 Å². The van der Waals surface area contributed by atoms with Crippen LogP contribution in [0, 0.1) is 5.92 Å². The molecule has 2 atom stereocenters. The molecule has 0 fully saturated rings. The number of Topliss-reactive ketones (excluding diaryl/α,β-unsaturated/α-hetero) is 1. The fraction of sp³-hybridized carbons (Fsp3) is 0.625. The van der Waals surface area contributed by atoms with Gasteiger partial charge in [-0.2, -0.15) is 0 Å². The number of aliphatic hydroxyl groups excluding tert-OH is 1. The first-order chi connectivity index (χ1) is 4.63. The molecule has 0 aromatic rings. The number of aliphatic hydroxyl groups is 1. The molecule has 0 rings (SSSR count). The minimum Gasteiger partial charge on any atom is -0.388 e. The number of carbonyl (C=O) groups excluding carboxylic acids is 1. The smallest absolute Gasteiger partial charge is 0.138 e. The minimum atomic E-state index is -0.688. The van der Waals surface area contributed by atoms with Gasteiger partial charge in [-0.05, 0) is 0 Å². The second-order valence-electron chi connectivity index (χ2n) is 2.33. The summed E-state index contributed by atoms with van der Waals surface area (Å²) in [5.41, 5.74) is 0. The molecule has 2 nitrogen and oxygen atoms in total. The number of ketones is 1. The number of carbonyl (C=O) groups is 1. The Morgan fingerprint density at radius 2 is 2.30 bits per heavy atom. The van der Waals surface area contributed by atoms with Crippen LogP contribution in [-0.2, 0) is 4.79 Å². The molecule has 0 aliphatic heterocycles. The molecule has 2 heteroatoms. The normalized spacial score (nSPS) is 15.9. The summed E-state index contributed by atoms with van der Waals surface area (Å²) in [5.74, 6) is -0.227. The maximum atomic E-state index is 10.9. The molecule has 0 aliphatic carbocycles. The summed E-state index contributed by atoms with van der Waals surface area (Å²) in [5, 5.41) is 9.09. The summed E-state index contributed by atoms with van der Waals surface area (Å²) in [6, 6.07) is 0. The van der Waals surface area contributed by atoms with Gasteiger partial charge in [0, 0.05) is 12.3 Å². The summed E-state index contributed by atoms with van der Waals surface area (Å²) in [7, 11) is 0. The molecular weight excluding hydrogens is 128 g/mol. The Kier molecular flexibility index (Phi) is 3.96. The lowest BCUT2D eigenvalue weighted by molar-refractivity contribution is -0.124. The first-order valence-corrected chi connectivity index (χ1v) is 3.46. The van der Waals surface area contributed by atoms with Crippen molar-refractivity contribution in [2.24, 2.45) is 5.92 Å². The van der Waals surface area contributed by atoms with Crippen LogP contribution in [-0.4, -0.2) is 17.0 Å². The van der Waals surface area contributed by atoms with E-state index in [1.165, 1.54) is 6.08 Å². The molecule has 0 heterocycles. The highest BCUT2D eigenvalue weighted by Crippen LogP contribution is 2.06. The van der Waals surface area contributed by atoms with Gasteiger partial charge in [0.05, 0.1) is 6.10 Å². The third-order valence-corrected chi connectivity index (χ3v) is 1.61. The van der Waals surface area contributed by atoms with Crippen LogP contribution >= 0.6 is 0 Å². The fourth-order valence-corrected chi connectivity index (χ4v) is 0.717. The van der Waals surface area contributed by atoms with Crippen molar-refractivity contribution in [2.75, 3.05) is 0 Å². The van der Waals surface area contributed by atoms with Crippen LogP contribution in [0.4, 0.5) is 0 Å². The maximum Gasteiger partial charge on any atom is 0.138 e. The van der Waals surface area contributed by atoms with Crippen molar-refractivity contribution in [2.45, 2.75) is 26.4 Å². The van der Waals surface area contributed by atoms with Crippen molar-refractivity contribution < 1.29 is 9.90 Å². The summed E-state index contributed by atoms with van der Waals surface area (Å²) in [4.78, 5) is 10.9. The van der Waals surface area contributed by atoms with Crippen LogP contribution in [0.3, 0.4) is 0 Å². The molecule has 1 N–H and O–H groups in total. The molecule has 0 aromatic carbocycles. The van der Waals surface area contributed by atoms with Gasteiger partial charge in [0.15, 0.2) is 0 Å². The van der Waals surface area contributed by atoms with Crippen molar-refractivity contribution in [1.82, 2.24) is 0 Å². The van der Waals surface area contributed by atoms with Crippen LogP contribution in [0.5, 0.6) is 0 Å². The highest BCUT2D eigenvalue weighted by atomic mass is 16.3. The Morgan fingerprint density at radius 1 is 1.80 bits per heavy atom. The molecule has 0 aromatic heterocycles. The van der Waals surface area contributed by atoms with Crippen LogP contribution in [0.2, 0.25) is 0 Å². The van der Waals surface area contributed by atoms with Gasteiger partial charge in [-0.15, -0.1) is 6.58 Å². The van der Waals surface area contributed by atoms with Crippen molar-refractivity contribution in [3.8, 4) is 0 Å². The van der Waals surface area contributed by atoms with Crippen LogP contribution in [0.25, 0.3) is 0 Å². The molecule has 0 radical (unpaired) electrons. The monoisotopic (exact) mass is 142 g/mol. The SMILES string of the molecule is C=C[C@@H](O)[C@@H](C)C(=O)CC. The van der Waals surface area contributed by atoms with E-state index in [0.717, 1.165) is 0 Å². The van der Waals surface area contributed by atoms with E-state index >= 15 is 0 Å². The van der Waals surface area contributed by atoms with E-state index in [-0.39, 0.29) is 11.7 Å². The van der Waals surface area contributed by atoms with E-state index in [1.54, 1.807) is 13.8 Å². The zero-order chi connectivity index (χ0) is 8.15. The second-order valence-corrected chi connectivity index (χ2v) is 2.33. The molecule has 0 unspecified atom stereocenters. The zero-order valence-corrected chi connectivity index (χ0v) is 6.50. The largest absolute Gasteiger partial charge is 0.388 e. The summed E-state index contributed by atoms with van der Waals surface area (Å²) in [6.45, 7) is 6.89. The van der Waals surface area contributed by atoms with Gasteiger partial charge in [0.1, 0.15) is 5.78 Å². The number of hydrogen-bond acceptors (Lipinski definition) is 2. The van der Waals surface area contributed by atoms with Gasteiger partial charge in [-0.1, -0.05) is 19.9 Å². The van der Waals surface area contributed by atoms with Gasteiger partial charge in [0.2, 0.25) is 0 Å². The van der Waals surface area contributed by atoms with Crippen molar-refractivity contribution in [1.29, 1.82) is 0 Å². The zero-order valence-electron chi connectivity index (χ0n) is 6.50. The van der Waals surface area contributed by atoms with E-state index in [1.807, 2.05) is 0 Å². The van der Waals surface area contributed by atoms with Crippen LogP contribution < -0.4 is 0 Å². The van der Waals surface area contributed by atoms with E-state index < -0.39 is 6.10 Å². The van der Waals surface area contributed by atoms with Gasteiger partial charge >= 0.3 is 0 Å². The third kappa shape index (κ3) is 2.31. The molecule has 0 amide bonds. The summed E-state index contributed by atoms with van der Waals surface area (Å²) < 4.78 is 0. The highest BCUT2D eigenvalue weighted by molar-refractivity contribution is 5.81. The Hall–Kier alpha value is -0.630. The van der Waals surface area contributed by atoms with Crippen LogP contribution in [0.1, 0.15) is 20.3 Å². The predicted octanol–water partition coefficient (Wildman–Crippen LogP) is 1.15. The average molecular weight is 142 g/mol. The lowest BCUT2D eigenvalue weighted by Crippen LogP contribution is -2.22. The molecular formula is C8H14O2. The number of rotatable bonds is 4. The highest BCUT2D eigenvalue weighted by Gasteiger charge is 2.16. The standard InChI is InChI=1S/C8H14O2/c1-4-7(9)6(3)8(10)5-2/h4,6-7,9H,1,5H2,2-3H3/t6-,7-/m1/s1. The first kappa shape index (κ1) is 9.37. The lowest BCUT2D eigenvalue weighted by Gasteiger charge is -2.11. The topological polar surface area (TPSA) is 37.3 Å². The Bertz CT molecular complexity index is 129. The van der Waals surface area contributed by atoms with E-state index in [2.05, 4.69) is 6.58 Å². The second kappa shape index (κ2) is 4.23. The first-order valence-electron chi connectivity index (χ1n) is 3.46. The molecule has 0 spiro atoms. The summed E-state index contributed by atoms with van der Waals surface area (Å²) >= 11 is 0. The Balaban J connectivity index is 3.93. The predicted molar refractivity (Wildman–Crippen MR) is 40.7 cm³/mol. The van der Waals surface area contributed by atoms with E-state index in [4.69, 9.17) is 5.11 Å². The molecule has 10 heavy (non-hydrogen) atoms. The Labute approximate surface area is 61.6 Å². The van der Waals surface area contributed by atoms with Gasteiger partial charge in [-0.25, -0.2) is 0 Å². The fourth-order valence-electron chi connectivity index (χ4n) is 0.717. The van der Waals surface area contributed by atoms with Crippen LogP contribution in [0.15, 0.2) is 12.7 Å². The summed E-state index contributed by atoms with van der Waals surface area (Å²) in [6.07, 6.45) is 1.18. The van der Waals surface area contributed by atoms with E-state index in [0.29, 0.717) is 6.42 Å². The number of hydrogen-bond donors (Lipinski definition) is 1. The Morgan fingerprint density at radius 3 is 2.60 bits per heavy atom. The third-order valence-electron chi connectivity index (χ3n) is 1.61. The molecule has 0 aliphatic rings. The van der Waals surface area contributed by atoms with Gasteiger partial charge < -0.3 is 5.11 Å². The van der Waals surface area contributed by atoms with Crippen molar-refractivity contribution in [3.05, 3.63) is 12.7 Å². The van der Waals surface area contributed by atoms with Gasteiger partial charge in [-0.3, -0.25) is 4.79 Å². The lowest BCUT2D eigenvalue weighted by atomic mass is 9.98. The van der Waals surface area contributed by atoms with Crippen molar-refractivity contribution in [3.63, 3.8) is 0 Å². The minimum absolute atomic E-state index is 0.0763. The quantitative estimate of drug-likeness (QED) is 0.598. The molecule has 0 saturated carbocycles. The van der Waals surface area contributed by atoms with Crippen molar-refractivity contribution >= 4 is 5.78 Å². The average Bonchev–Trinajstić information content (AvgIpc) is 2.00. The molecule has 0 bridgehead atoms. The molecule has 0 saturated heterocycles. The maximum absolute atomic E-state index is 10.9. The van der Waals surface area contributed by atoms with E-state index in [9.17, 15) is 4.79 Å².